The van der Waals surface area contributed by atoms with Gasteiger partial charge in [0.15, 0.2) is 0 Å². The van der Waals surface area contributed by atoms with Gasteiger partial charge in [0.1, 0.15) is 6.04 Å². The highest BCUT2D eigenvalue weighted by Crippen LogP contribution is 2.25. The molecule has 1 aliphatic heterocycles. The zero-order valence-corrected chi connectivity index (χ0v) is 19.9. The van der Waals surface area contributed by atoms with Crippen molar-refractivity contribution >= 4 is 21.8 Å². The monoisotopic (exact) mass is 457 g/mol. The topological polar surface area (TPSA) is 86.8 Å². The van der Waals surface area contributed by atoms with Gasteiger partial charge in [-0.15, -0.1) is 0 Å². The minimum atomic E-state index is -3.64. The van der Waals surface area contributed by atoms with E-state index >= 15 is 0 Å². The molecule has 1 N–H and O–H groups in total. The Bertz CT molecular complexity index is 1100. The number of amides is 2. The molecule has 2 aromatic rings. The normalized spacial score (nSPS) is 16.2. The Balaban J connectivity index is 1.82. The molecule has 0 radical (unpaired) electrons. The lowest BCUT2D eigenvalue weighted by Gasteiger charge is -2.36. The number of carbonyl (C=O) groups excluding carboxylic acids is 2. The summed E-state index contributed by atoms with van der Waals surface area (Å²) < 4.78 is 26.4. The second kappa shape index (κ2) is 9.83. The Kier molecular flexibility index (Phi) is 7.36. The molecule has 7 nitrogen and oxygen atoms in total. The van der Waals surface area contributed by atoms with Gasteiger partial charge in [-0.3, -0.25) is 9.59 Å². The Morgan fingerprint density at radius 3 is 2.34 bits per heavy atom. The molecule has 1 atom stereocenters. The van der Waals surface area contributed by atoms with Gasteiger partial charge in [0.2, 0.25) is 21.8 Å². The first-order valence-corrected chi connectivity index (χ1v) is 12.2. The van der Waals surface area contributed by atoms with Gasteiger partial charge >= 0.3 is 0 Å². The molecular formula is C24H31N3O4S. The standard InChI is InChI=1S/C24H31N3O4S/c1-17(2)13-23(28)27-16-20-11-6-5-9-18(20)14-21(27)24(29)25-15-19-10-7-8-12-22(19)32(30,31)26(3)4/h5-12,17,21H,13-16H2,1-4H3,(H,25,29). The molecule has 2 amide bonds. The van der Waals surface area contributed by atoms with Crippen LogP contribution in [0, 0.1) is 5.92 Å². The summed E-state index contributed by atoms with van der Waals surface area (Å²) in [6.45, 7) is 4.41. The van der Waals surface area contributed by atoms with E-state index in [1.165, 1.54) is 20.2 Å². The van der Waals surface area contributed by atoms with Crippen molar-refractivity contribution in [2.75, 3.05) is 14.1 Å². The average molecular weight is 458 g/mol. The number of rotatable bonds is 7. The van der Waals surface area contributed by atoms with Crippen LogP contribution in [-0.2, 0) is 39.1 Å². The molecule has 0 aromatic heterocycles. The van der Waals surface area contributed by atoms with E-state index in [1.807, 2.05) is 38.1 Å². The summed E-state index contributed by atoms with van der Waals surface area (Å²) in [5.74, 6) is -0.148. The molecule has 172 valence electrons. The number of sulfonamides is 1. The maximum Gasteiger partial charge on any atom is 0.243 e. The summed E-state index contributed by atoms with van der Waals surface area (Å²) in [5.41, 5.74) is 2.61. The van der Waals surface area contributed by atoms with Gasteiger partial charge in [0, 0.05) is 40.0 Å². The molecule has 8 heteroatoms. The first-order valence-electron chi connectivity index (χ1n) is 10.8. The maximum absolute atomic E-state index is 13.2. The number of hydrogen-bond donors (Lipinski definition) is 1. The molecule has 0 aliphatic carbocycles. The predicted octanol–water partition coefficient (Wildman–Crippen LogP) is 2.55. The zero-order chi connectivity index (χ0) is 23.5. The number of nitrogens with zero attached hydrogens (tertiary/aromatic N) is 2. The Labute approximate surface area is 190 Å². The van der Waals surface area contributed by atoms with Crippen molar-refractivity contribution in [1.82, 2.24) is 14.5 Å². The maximum atomic E-state index is 13.2. The van der Waals surface area contributed by atoms with E-state index < -0.39 is 16.1 Å². The molecule has 0 saturated carbocycles. The summed E-state index contributed by atoms with van der Waals surface area (Å²) in [6, 6.07) is 13.8. The summed E-state index contributed by atoms with van der Waals surface area (Å²) >= 11 is 0. The van der Waals surface area contributed by atoms with Gasteiger partial charge in [-0.05, 0) is 28.7 Å². The van der Waals surface area contributed by atoms with Gasteiger partial charge < -0.3 is 10.2 Å². The highest BCUT2D eigenvalue weighted by molar-refractivity contribution is 7.89. The Morgan fingerprint density at radius 2 is 1.69 bits per heavy atom. The third-order valence-electron chi connectivity index (χ3n) is 5.64. The van der Waals surface area contributed by atoms with Crippen molar-refractivity contribution in [2.45, 2.75) is 50.7 Å². The lowest BCUT2D eigenvalue weighted by molar-refractivity contribution is -0.142. The van der Waals surface area contributed by atoms with Crippen LogP contribution in [0.3, 0.4) is 0 Å². The molecular weight excluding hydrogens is 426 g/mol. The lowest BCUT2D eigenvalue weighted by Crippen LogP contribution is -2.52. The van der Waals surface area contributed by atoms with Crippen molar-refractivity contribution in [3.8, 4) is 0 Å². The largest absolute Gasteiger partial charge is 0.350 e. The highest BCUT2D eigenvalue weighted by Gasteiger charge is 2.34. The molecule has 1 heterocycles. The number of carbonyl (C=O) groups is 2. The third-order valence-corrected chi connectivity index (χ3v) is 7.55. The van der Waals surface area contributed by atoms with Crippen LogP contribution in [0.5, 0.6) is 0 Å². The fraction of sp³-hybridized carbons (Fsp3) is 0.417. The summed E-state index contributed by atoms with van der Waals surface area (Å²) in [4.78, 5) is 28.0. The zero-order valence-electron chi connectivity index (χ0n) is 19.0. The SMILES string of the molecule is CC(C)CC(=O)N1Cc2ccccc2CC1C(=O)NCc1ccccc1S(=O)(=O)N(C)C. The molecule has 2 aromatic carbocycles. The first-order chi connectivity index (χ1) is 15.1. The van der Waals surface area contributed by atoms with Crippen LogP contribution in [0.4, 0.5) is 0 Å². The fourth-order valence-electron chi connectivity index (χ4n) is 3.88. The molecule has 0 fully saturated rings. The van der Waals surface area contributed by atoms with E-state index in [-0.39, 0.29) is 29.2 Å². The molecule has 3 rings (SSSR count). The van der Waals surface area contributed by atoms with E-state index in [1.54, 1.807) is 23.1 Å². The van der Waals surface area contributed by atoms with Crippen molar-refractivity contribution in [1.29, 1.82) is 0 Å². The number of hydrogen-bond acceptors (Lipinski definition) is 4. The van der Waals surface area contributed by atoms with Gasteiger partial charge in [0.25, 0.3) is 0 Å². The van der Waals surface area contributed by atoms with E-state index in [9.17, 15) is 18.0 Å². The van der Waals surface area contributed by atoms with Gasteiger partial charge in [0.05, 0.1) is 4.90 Å². The van der Waals surface area contributed by atoms with Crippen molar-refractivity contribution in [3.63, 3.8) is 0 Å². The van der Waals surface area contributed by atoms with E-state index in [0.717, 1.165) is 15.4 Å². The second-order valence-electron chi connectivity index (χ2n) is 8.72. The smallest absolute Gasteiger partial charge is 0.243 e. The number of fused-ring (bicyclic) bond motifs is 1. The highest BCUT2D eigenvalue weighted by atomic mass is 32.2. The molecule has 0 saturated heterocycles. The van der Waals surface area contributed by atoms with Crippen LogP contribution < -0.4 is 5.32 Å². The quantitative estimate of drug-likeness (QED) is 0.692. The molecule has 0 bridgehead atoms. The van der Waals surface area contributed by atoms with E-state index in [2.05, 4.69) is 5.32 Å². The minimum Gasteiger partial charge on any atom is -0.350 e. The van der Waals surface area contributed by atoms with Crippen LogP contribution in [0.15, 0.2) is 53.4 Å². The molecule has 32 heavy (non-hydrogen) atoms. The molecule has 1 aliphatic rings. The van der Waals surface area contributed by atoms with E-state index in [0.29, 0.717) is 24.9 Å². The van der Waals surface area contributed by atoms with E-state index in [4.69, 9.17) is 0 Å². The third kappa shape index (κ3) is 5.19. The average Bonchev–Trinajstić information content (AvgIpc) is 2.76. The van der Waals surface area contributed by atoms with Crippen LogP contribution in [0.25, 0.3) is 0 Å². The van der Waals surface area contributed by atoms with Crippen molar-refractivity contribution in [3.05, 3.63) is 65.2 Å². The molecule has 1 unspecified atom stereocenters. The summed E-state index contributed by atoms with van der Waals surface area (Å²) in [7, 11) is -0.691. The summed E-state index contributed by atoms with van der Waals surface area (Å²) in [6.07, 6.45) is 0.805. The first kappa shape index (κ1) is 23.9. The van der Waals surface area contributed by atoms with Crippen molar-refractivity contribution in [2.24, 2.45) is 5.92 Å². The lowest BCUT2D eigenvalue weighted by atomic mass is 9.92. The molecule has 0 spiro atoms. The number of nitrogens with one attached hydrogen (secondary N) is 1. The van der Waals surface area contributed by atoms with Gasteiger partial charge in [-0.25, -0.2) is 12.7 Å². The number of benzene rings is 2. The Hall–Kier alpha value is -2.71. The van der Waals surface area contributed by atoms with Gasteiger partial charge in [-0.1, -0.05) is 56.3 Å². The van der Waals surface area contributed by atoms with Crippen molar-refractivity contribution < 1.29 is 18.0 Å². The van der Waals surface area contributed by atoms with Crippen LogP contribution >= 0.6 is 0 Å². The van der Waals surface area contributed by atoms with Crippen LogP contribution in [-0.4, -0.2) is 49.6 Å². The second-order valence-corrected chi connectivity index (χ2v) is 10.8. The summed E-state index contributed by atoms with van der Waals surface area (Å²) in [5, 5.41) is 2.87. The fourth-order valence-corrected chi connectivity index (χ4v) is 5.00. The van der Waals surface area contributed by atoms with Gasteiger partial charge in [-0.2, -0.15) is 0 Å². The van der Waals surface area contributed by atoms with Crippen LogP contribution in [0.2, 0.25) is 0 Å². The Morgan fingerprint density at radius 1 is 1.06 bits per heavy atom. The van der Waals surface area contributed by atoms with Crippen LogP contribution in [0.1, 0.15) is 37.0 Å². The predicted molar refractivity (Wildman–Crippen MR) is 123 cm³/mol. The minimum absolute atomic E-state index is 0.0507.